The summed E-state index contributed by atoms with van der Waals surface area (Å²) < 4.78 is 0. The summed E-state index contributed by atoms with van der Waals surface area (Å²) in [6.45, 7) is 2.37. The summed E-state index contributed by atoms with van der Waals surface area (Å²) in [5, 5.41) is 0.784. The second-order valence-electron chi connectivity index (χ2n) is 6.33. The number of allylic oxidation sites excluding steroid dienone is 1. The molecule has 2 N–H and O–H groups in total. The topological polar surface area (TPSA) is 85.0 Å². The zero-order chi connectivity index (χ0) is 20.2. The highest BCUT2D eigenvalue weighted by Crippen LogP contribution is 2.35. The van der Waals surface area contributed by atoms with Crippen LogP contribution in [0.15, 0.2) is 73.3 Å². The molecule has 0 saturated carbocycles. The Labute approximate surface area is 172 Å². The van der Waals surface area contributed by atoms with Gasteiger partial charge in [-0.15, -0.1) is 11.3 Å². The van der Waals surface area contributed by atoms with Gasteiger partial charge in [0, 0.05) is 48.0 Å². The van der Waals surface area contributed by atoms with Crippen molar-refractivity contribution in [1.29, 1.82) is 0 Å². The Balaban J connectivity index is 1.75. The molecular weight excluding hydrogens is 382 g/mol. The van der Waals surface area contributed by atoms with Gasteiger partial charge in [-0.1, -0.05) is 12.2 Å². The van der Waals surface area contributed by atoms with Gasteiger partial charge >= 0.3 is 0 Å². The SMILES string of the molecule is C/C=C/CN(C(=O)c1sc2nc(-c3cccnc3)ccc2c1N)c1ccncc1. The van der Waals surface area contributed by atoms with Gasteiger partial charge in [-0.05, 0) is 43.3 Å². The van der Waals surface area contributed by atoms with Crippen LogP contribution in [-0.2, 0) is 0 Å². The first kappa shape index (κ1) is 18.8. The van der Waals surface area contributed by atoms with E-state index < -0.39 is 0 Å². The maximum Gasteiger partial charge on any atom is 0.270 e. The zero-order valence-corrected chi connectivity index (χ0v) is 16.6. The number of fused-ring (bicyclic) bond motifs is 1. The fourth-order valence-corrected chi connectivity index (χ4v) is 4.04. The van der Waals surface area contributed by atoms with E-state index in [9.17, 15) is 4.79 Å². The van der Waals surface area contributed by atoms with Gasteiger partial charge < -0.3 is 10.6 Å². The first-order valence-corrected chi connectivity index (χ1v) is 9.93. The largest absolute Gasteiger partial charge is 0.397 e. The molecule has 29 heavy (non-hydrogen) atoms. The normalized spacial score (nSPS) is 11.2. The van der Waals surface area contributed by atoms with Crippen LogP contribution in [0.3, 0.4) is 0 Å². The fourth-order valence-electron chi connectivity index (χ4n) is 2.99. The molecule has 0 atom stereocenters. The number of nitrogens with two attached hydrogens (primary N) is 1. The van der Waals surface area contributed by atoms with Crippen molar-refractivity contribution in [2.24, 2.45) is 0 Å². The number of rotatable bonds is 5. The first-order chi connectivity index (χ1) is 14.2. The molecule has 4 aromatic rings. The third kappa shape index (κ3) is 3.72. The van der Waals surface area contributed by atoms with Gasteiger partial charge in [0.1, 0.15) is 9.71 Å². The lowest BCUT2D eigenvalue weighted by atomic mass is 10.1. The van der Waals surface area contributed by atoms with Gasteiger partial charge in [0.15, 0.2) is 0 Å². The van der Waals surface area contributed by atoms with Crippen LogP contribution in [-0.4, -0.2) is 27.4 Å². The highest BCUT2D eigenvalue weighted by Gasteiger charge is 2.23. The molecule has 0 unspecified atom stereocenters. The second-order valence-corrected chi connectivity index (χ2v) is 7.33. The fraction of sp³-hybridized carbons (Fsp3) is 0.0909. The van der Waals surface area contributed by atoms with Crippen LogP contribution < -0.4 is 10.6 Å². The molecule has 7 heteroatoms. The molecule has 0 aliphatic rings. The Kier molecular flexibility index (Phi) is 5.31. The van der Waals surface area contributed by atoms with Gasteiger partial charge in [-0.25, -0.2) is 4.98 Å². The summed E-state index contributed by atoms with van der Waals surface area (Å²) in [5.41, 5.74) is 9.29. The molecule has 4 rings (SSSR count). The van der Waals surface area contributed by atoms with E-state index in [-0.39, 0.29) is 5.91 Å². The van der Waals surface area contributed by atoms with Crippen molar-refractivity contribution in [3.8, 4) is 11.3 Å². The molecule has 4 heterocycles. The van der Waals surface area contributed by atoms with Crippen molar-refractivity contribution >= 4 is 38.8 Å². The van der Waals surface area contributed by atoms with Crippen LogP contribution in [0.25, 0.3) is 21.5 Å². The van der Waals surface area contributed by atoms with Crippen LogP contribution in [0.2, 0.25) is 0 Å². The number of thiophene rings is 1. The summed E-state index contributed by atoms with van der Waals surface area (Å²) in [7, 11) is 0. The van der Waals surface area contributed by atoms with E-state index in [0.29, 0.717) is 17.1 Å². The van der Waals surface area contributed by atoms with Gasteiger partial charge in [-0.3, -0.25) is 14.8 Å². The minimum absolute atomic E-state index is 0.155. The molecule has 0 radical (unpaired) electrons. The highest BCUT2D eigenvalue weighted by molar-refractivity contribution is 7.21. The number of nitrogen functional groups attached to an aromatic ring is 1. The van der Waals surface area contributed by atoms with Crippen molar-refractivity contribution in [1.82, 2.24) is 15.0 Å². The van der Waals surface area contributed by atoms with Crippen molar-refractivity contribution in [3.05, 3.63) is 78.2 Å². The second kappa shape index (κ2) is 8.20. The summed E-state index contributed by atoms with van der Waals surface area (Å²) in [6, 6.07) is 11.2. The van der Waals surface area contributed by atoms with Gasteiger partial charge in [0.2, 0.25) is 0 Å². The van der Waals surface area contributed by atoms with E-state index in [4.69, 9.17) is 10.7 Å². The highest BCUT2D eigenvalue weighted by atomic mass is 32.1. The van der Waals surface area contributed by atoms with Crippen LogP contribution in [0.4, 0.5) is 11.4 Å². The predicted octanol–water partition coefficient (Wildman–Crippen LogP) is 4.56. The molecule has 0 bridgehead atoms. The number of hydrogen-bond donors (Lipinski definition) is 1. The number of nitrogens with zero attached hydrogens (tertiary/aromatic N) is 4. The Morgan fingerprint density at radius 2 is 1.97 bits per heavy atom. The Morgan fingerprint density at radius 1 is 1.14 bits per heavy atom. The molecule has 0 aliphatic heterocycles. The molecule has 4 aromatic heterocycles. The lowest BCUT2D eigenvalue weighted by Crippen LogP contribution is -2.31. The lowest BCUT2D eigenvalue weighted by molar-refractivity contribution is 0.0994. The zero-order valence-electron chi connectivity index (χ0n) is 15.8. The smallest absolute Gasteiger partial charge is 0.270 e. The predicted molar refractivity (Wildman–Crippen MR) is 118 cm³/mol. The lowest BCUT2D eigenvalue weighted by Gasteiger charge is -2.20. The maximum atomic E-state index is 13.4. The van der Waals surface area contributed by atoms with E-state index in [1.165, 1.54) is 11.3 Å². The molecule has 0 aromatic carbocycles. The van der Waals surface area contributed by atoms with E-state index in [2.05, 4.69) is 9.97 Å². The minimum atomic E-state index is -0.155. The van der Waals surface area contributed by atoms with Gasteiger partial charge in [-0.2, -0.15) is 0 Å². The quantitative estimate of drug-likeness (QED) is 0.496. The number of carbonyl (C=O) groups is 1. The standard InChI is InChI=1S/C22H19N5OS/c1-2-3-13-27(16-8-11-24-12-9-16)22(28)20-19(23)17-6-7-18(26-21(17)29-20)15-5-4-10-25-14-15/h2-12,14H,13,23H2,1H3/b3-2+. The summed E-state index contributed by atoms with van der Waals surface area (Å²) in [5.74, 6) is -0.155. The number of aromatic nitrogens is 3. The van der Waals surface area contributed by atoms with Crippen molar-refractivity contribution in [2.45, 2.75) is 6.92 Å². The third-order valence-electron chi connectivity index (χ3n) is 4.49. The summed E-state index contributed by atoms with van der Waals surface area (Å²) >= 11 is 1.31. The average Bonchev–Trinajstić information content (AvgIpc) is 3.11. The Hall–Kier alpha value is -3.58. The molecule has 0 spiro atoms. The Morgan fingerprint density at radius 3 is 2.69 bits per heavy atom. The van der Waals surface area contributed by atoms with E-state index in [1.807, 2.05) is 55.5 Å². The van der Waals surface area contributed by atoms with Crippen molar-refractivity contribution < 1.29 is 4.79 Å². The molecule has 1 amide bonds. The van der Waals surface area contributed by atoms with Crippen molar-refractivity contribution in [3.63, 3.8) is 0 Å². The van der Waals surface area contributed by atoms with Crippen LogP contribution in [0.1, 0.15) is 16.6 Å². The van der Waals surface area contributed by atoms with Gasteiger partial charge in [0.25, 0.3) is 5.91 Å². The summed E-state index contributed by atoms with van der Waals surface area (Å²) in [4.78, 5) is 29.1. The maximum absolute atomic E-state index is 13.4. The summed E-state index contributed by atoms with van der Waals surface area (Å²) in [6.07, 6.45) is 10.7. The number of hydrogen-bond acceptors (Lipinski definition) is 6. The molecule has 0 saturated heterocycles. The molecule has 144 valence electrons. The van der Waals surface area contributed by atoms with Crippen LogP contribution >= 0.6 is 11.3 Å². The number of carbonyl (C=O) groups excluding carboxylic acids is 1. The van der Waals surface area contributed by atoms with E-state index in [1.54, 1.807) is 29.7 Å². The van der Waals surface area contributed by atoms with Gasteiger partial charge in [0.05, 0.1) is 11.4 Å². The molecular formula is C22H19N5OS. The van der Waals surface area contributed by atoms with E-state index in [0.717, 1.165) is 27.2 Å². The monoisotopic (exact) mass is 401 g/mol. The number of pyridine rings is 3. The first-order valence-electron chi connectivity index (χ1n) is 9.11. The Bertz CT molecular complexity index is 1170. The van der Waals surface area contributed by atoms with Crippen LogP contribution in [0, 0.1) is 0 Å². The van der Waals surface area contributed by atoms with Crippen molar-refractivity contribution in [2.75, 3.05) is 17.2 Å². The molecule has 0 aliphatic carbocycles. The molecule has 0 fully saturated rings. The number of anilines is 2. The molecule has 6 nitrogen and oxygen atoms in total. The van der Waals surface area contributed by atoms with Crippen LogP contribution in [0.5, 0.6) is 0 Å². The van der Waals surface area contributed by atoms with E-state index >= 15 is 0 Å². The number of amides is 1. The third-order valence-corrected chi connectivity index (χ3v) is 5.59. The average molecular weight is 401 g/mol. The minimum Gasteiger partial charge on any atom is -0.397 e.